The first kappa shape index (κ1) is 11.3. The molecule has 2 heteroatoms. The van der Waals surface area contributed by atoms with Crippen LogP contribution in [0, 0.1) is 5.41 Å². The number of hydrogen-bond donors (Lipinski definition) is 1. The Morgan fingerprint density at radius 1 is 1.31 bits per heavy atom. The fourth-order valence-corrected chi connectivity index (χ4v) is 1.84. The molecule has 88 valence electrons. The number of rotatable bonds is 2. The Kier molecular flexibility index (Phi) is 3.08. The summed E-state index contributed by atoms with van der Waals surface area (Å²) in [7, 11) is 0. The van der Waals surface area contributed by atoms with E-state index in [1.807, 2.05) is 0 Å². The molecule has 0 unspecified atom stereocenters. The van der Waals surface area contributed by atoms with E-state index < -0.39 is 0 Å². The summed E-state index contributed by atoms with van der Waals surface area (Å²) in [5.74, 6) is 1.06. The van der Waals surface area contributed by atoms with Crippen LogP contribution < -0.4 is 10.1 Å². The van der Waals surface area contributed by atoms with Crippen LogP contribution in [0.15, 0.2) is 18.2 Å². The van der Waals surface area contributed by atoms with Crippen LogP contribution in [0.5, 0.6) is 5.75 Å². The van der Waals surface area contributed by atoms with Gasteiger partial charge in [0.25, 0.3) is 0 Å². The number of nitrogens with one attached hydrogen (secondary N) is 1. The van der Waals surface area contributed by atoms with E-state index in [1.165, 1.54) is 11.3 Å². The number of benzene rings is 1. The predicted molar refractivity (Wildman–Crippen MR) is 68.2 cm³/mol. The minimum atomic E-state index is 0.312. The molecule has 0 radical (unpaired) electrons. The zero-order valence-corrected chi connectivity index (χ0v) is 10.5. The molecule has 1 aromatic rings. The molecule has 2 rings (SSSR count). The summed E-state index contributed by atoms with van der Waals surface area (Å²) in [6, 6.07) is 6.41. The number of fused-ring (bicyclic) bond motifs is 1. The van der Waals surface area contributed by atoms with Crippen LogP contribution in [-0.4, -0.2) is 13.2 Å². The topological polar surface area (TPSA) is 21.3 Å². The summed E-state index contributed by atoms with van der Waals surface area (Å²) in [6.07, 6.45) is 2.27. The molecule has 1 aromatic carbocycles. The Bertz CT molecular complexity index is 365. The Hall–Kier alpha value is -1.18. The van der Waals surface area contributed by atoms with Crippen molar-refractivity contribution in [3.8, 4) is 5.75 Å². The smallest absolute Gasteiger partial charge is 0.122 e. The fourth-order valence-electron chi connectivity index (χ4n) is 1.84. The van der Waals surface area contributed by atoms with E-state index in [1.54, 1.807) is 0 Å². The van der Waals surface area contributed by atoms with E-state index in [0.29, 0.717) is 5.41 Å². The SMILES string of the molecule is CC(C)(C)CNc1ccc2c(c1)CCCO2. The van der Waals surface area contributed by atoms with Gasteiger partial charge in [0, 0.05) is 12.2 Å². The molecule has 0 amide bonds. The predicted octanol–water partition coefficient (Wildman–Crippen LogP) is 3.47. The second kappa shape index (κ2) is 4.36. The summed E-state index contributed by atoms with van der Waals surface area (Å²) in [4.78, 5) is 0. The average molecular weight is 219 g/mol. The number of anilines is 1. The van der Waals surface area contributed by atoms with Crippen molar-refractivity contribution in [2.45, 2.75) is 33.6 Å². The molecule has 1 heterocycles. The second-order valence-corrected chi connectivity index (χ2v) is 5.69. The first-order valence-corrected chi connectivity index (χ1v) is 6.04. The van der Waals surface area contributed by atoms with Crippen molar-refractivity contribution in [2.75, 3.05) is 18.5 Å². The van der Waals surface area contributed by atoms with Crippen molar-refractivity contribution in [2.24, 2.45) is 5.41 Å². The number of ether oxygens (including phenoxy) is 1. The third-order valence-electron chi connectivity index (χ3n) is 2.73. The normalized spacial score (nSPS) is 15.2. The van der Waals surface area contributed by atoms with Crippen molar-refractivity contribution >= 4 is 5.69 Å². The van der Waals surface area contributed by atoms with Gasteiger partial charge >= 0.3 is 0 Å². The molecule has 1 N–H and O–H groups in total. The highest BCUT2D eigenvalue weighted by Crippen LogP contribution is 2.28. The van der Waals surface area contributed by atoms with Gasteiger partial charge in [0.15, 0.2) is 0 Å². The highest BCUT2D eigenvalue weighted by atomic mass is 16.5. The maximum atomic E-state index is 5.60. The van der Waals surface area contributed by atoms with Crippen LogP contribution >= 0.6 is 0 Å². The average Bonchev–Trinajstić information content (AvgIpc) is 2.25. The highest BCUT2D eigenvalue weighted by Gasteiger charge is 2.12. The zero-order chi connectivity index (χ0) is 11.6. The summed E-state index contributed by atoms with van der Waals surface area (Å²) < 4.78 is 5.60. The van der Waals surface area contributed by atoms with Crippen LogP contribution in [0.2, 0.25) is 0 Å². The van der Waals surface area contributed by atoms with Crippen LogP contribution in [0.3, 0.4) is 0 Å². The van der Waals surface area contributed by atoms with Gasteiger partial charge in [-0.3, -0.25) is 0 Å². The van der Waals surface area contributed by atoms with E-state index in [2.05, 4.69) is 44.3 Å². The molecule has 0 aromatic heterocycles. The molecule has 0 bridgehead atoms. The summed E-state index contributed by atoms with van der Waals surface area (Å²) in [6.45, 7) is 8.57. The van der Waals surface area contributed by atoms with Gasteiger partial charge in [-0.25, -0.2) is 0 Å². The number of hydrogen-bond acceptors (Lipinski definition) is 2. The Morgan fingerprint density at radius 2 is 2.12 bits per heavy atom. The standard InChI is InChI=1S/C14H21NO/c1-14(2,3)10-15-12-6-7-13-11(9-12)5-4-8-16-13/h6-7,9,15H,4-5,8,10H2,1-3H3. The molecule has 1 aliphatic heterocycles. The van der Waals surface area contributed by atoms with Gasteiger partial charge in [0.05, 0.1) is 6.61 Å². The lowest BCUT2D eigenvalue weighted by Gasteiger charge is -2.22. The lowest BCUT2D eigenvalue weighted by atomic mass is 9.96. The van der Waals surface area contributed by atoms with Gasteiger partial charge in [-0.05, 0) is 42.0 Å². The maximum Gasteiger partial charge on any atom is 0.122 e. The van der Waals surface area contributed by atoms with Gasteiger partial charge in [-0.15, -0.1) is 0 Å². The molecule has 1 aliphatic rings. The minimum absolute atomic E-state index is 0.312. The van der Waals surface area contributed by atoms with Crippen molar-refractivity contribution in [1.82, 2.24) is 0 Å². The lowest BCUT2D eigenvalue weighted by Crippen LogP contribution is -2.19. The molecule has 0 spiro atoms. The first-order valence-electron chi connectivity index (χ1n) is 6.04. The van der Waals surface area contributed by atoms with Gasteiger partial charge in [-0.1, -0.05) is 20.8 Å². The first-order chi connectivity index (χ1) is 7.54. The van der Waals surface area contributed by atoms with Crippen LogP contribution in [0.4, 0.5) is 5.69 Å². The minimum Gasteiger partial charge on any atom is -0.493 e. The third-order valence-corrected chi connectivity index (χ3v) is 2.73. The summed E-state index contributed by atoms with van der Waals surface area (Å²) >= 11 is 0. The Labute approximate surface area is 98.0 Å². The van der Waals surface area contributed by atoms with Crippen molar-refractivity contribution in [1.29, 1.82) is 0 Å². The third kappa shape index (κ3) is 2.91. The van der Waals surface area contributed by atoms with Crippen LogP contribution in [0.25, 0.3) is 0 Å². The fraction of sp³-hybridized carbons (Fsp3) is 0.571. The zero-order valence-electron chi connectivity index (χ0n) is 10.5. The highest BCUT2D eigenvalue weighted by molar-refractivity contribution is 5.51. The van der Waals surface area contributed by atoms with Gasteiger partial charge in [0.2, 0.25) is 0 Å². The summed E-state index contributed by atoms with van der Waals surface area (Å²) in [5.41, 5.74) is 2.86. The monoisotopic (exact) mass is 219 g/mol. The summed E-state index contributed by atoms with van der Waals surface area (Å²) in [5, 5.41) is 3.48. The van der Waals surface area contributed by atoms with Crippen molar-refractivity contribution in [3.63, 3.8) is 0 Å². The van der Waals surface area contributed by atoms with E-state index in [0.717, 1.165) is 31.7 Å². The second-order valence-electron chi connectivity index (χ2n) is 5.69. The van der Waals surface area contributed by atoms with E-state index in [-0.39, 0.29) is 0 Å². The largest absolute Gasteiger partial charge is 0.493 e. The molecule has 0 saturated heterocycles. The van der Waals surface area contributed by atoms with Crippen molar-refractivity contribution < 1.29 is 4.74 Å². The van der Waals surface area contributed by atoms with Crippen LogP contribution in [-0.2, 0) is 6.42 Å². The van der Waals surface area contributed by atoms with E-state index in [9.17, 15) is 0 Å². The molecular weight excluding hydrogens is 198 g/mol. The molecule has 0 fully saturated rings. The molecule has 0 saturated carbocycles. The van der Waals surface area contributed by atoms with Gasteiger partial charge < -0.3 is 10.1 Å². The molecule has 0 atom stereocenters. The molecule has 16 heavy (non-hydrogen) atoms. The molecule has 2 nitrogen and oxygen atoms in total. The quantitative estimate of drug-likeness (QED) is 0.822. The molecule has 0 aliphatic carbocycles. The lowest BCUT2D eigenvalue weighted by molar-refractivity contribution is 0.288. The van der Waals surface area contributed by atoms with E-state index in [4.69, 9.17) is 4.74 Å². The molecular formula is C14H21NO. The van der Waals surface area contributed by atoms with Crippen molar-refractivity contribution in [3.05, 3.63) is 23.8 Å². The number of aryl methyl sites for hydroxylation is 1. The maximum absolute atomic E-state index is 5.60. The van der Waals surface area contributed by atoms with Gasteiger partial charge in [-0.2, -0.15) is 0 Å². The van der Waals surface area contributed by atoms with Crippen LogP contribution in [0.1, 0.15) is 32.8 Å². The van der Waals surface area contributed by atoms with Gasteiger partial charge in [0.1, 0.15) is 5.75 Å². The van der Waals surface area contributed by atoms with E-state index >= 15 is 0 Å². The Balaban J connectivity index is 2.06. The Morgan fingerprint density at radius 3 is 2.88 bits per heavy atom.